The quantitative estimate of drug-likeness (QED) is 0.617. The molecule has 0 amide bonds. The average molecular weight is 279 g/mol. The molecule has 0 bridgehead atoms. The third kappa shape index (κ3) is 2.16. The second kappa shape index (κ2) is 4.61. The van der Waals surface area contributed by atoms with Crippen LogP contribution in [0, 0.1) is 5.82 Å². The van der Waals surface area contributed by atoms with Crippen LogP contribution in [0.15, 0.2) is 21.8 Å². The minimum absolute atomic E-state index is 0.0432. The number of thioether (sulfide) groups is 1. The average Bonchev–Trinajstić information content (AvgIpc) is 2.71. The fourth-order valence-electron chi connectivity index (χ4n) is 1.09. The van der Waals surface area contributed by atoms with E-state index < -0.39 is 5.82 Å². The van der Waals surface area contributed by atoms with Crippen LogP contribution < -0.4 is 0 Å². The van der Waals surface area contributed by atoms with Gasteiger partial charge in [-0.2, -0.15) is 0 Å². The molecule has 0 saturated heterocycles. The SMILES string of the molecule is CSc1nnc(-c2cc(F)c(Cl)cc2Cl)o1. The van der Waals surface area contributed by atoms with Crippen molar-refractivity contribution in [2.24, 2.45) is 0 Å². The lowest BCUT2D eigenvalue weighted by molar-refractivity contribution is 0.466. The molecule has 0 N–H and O–H groups in total. The number of nitrogens with zero attached hydrogens (tertiary/aromatic N) is 2. The van der Waals surface area contributed by atoms with Gasteiger partial charge >= 0.3 is 0 Å². The van der Waals surface area contributed by atoms with E-state index in [1.54, 1.807) is 6.26 Å². The summed E-state index contributed by atoms with van der Waals surface area (Å²) in [7, 11) is 0. The Morgan fingerprint density at radius 1 is 1.25 bits per heavy atom. The highest BCUT2D eigenvalue weighted by molar-refractivity contribution is 7.98. The Kier molecular flexibility index (Phi) is 3.37. The molecule has 0 atom stereocenters. The van der Waals surface area contributed by atoms with Gasteiger partial charge < -0.3 is 4.42 Å². The van der Waals surface area contributed by atoms with Crippen molar-refractivity contribution in [3.05, 3.63) is 28.0 Å². The van der Waals surface area contributed by atoms with Gasteiger partial charge in [-0.15, -0.1) is 10.2 Å². The zero-order chi connectivity index (χ0) is 11.7. The molecule has 2 aromatic rings. The van der Waals surface area contributed by atoms with Crippen molar-refractivity contribution in [1.29, 1.82) is 0 Å². The lowest BCUT2D eigenvalue weighted by atomic mass is 10.2. The molecule has 2 rings (SSSR count). The molecular formula is C9H5Cl2FN2OS. The molecule has 1 aromatic heterocycles. The van der Waals surface area contributed by atoms with Crippen molar-refractivity contribution >= 4 is 35.0 Å². The summed E-state index contributed by atoms with van der Waals surface area (Å²) in [6.07, 6.45) is 1.79. The highest BCUT2D eigenvalue weighted by Crippen LogP contribution is 2.32. The minimum atomic E-state index is -0.579. The standard InChI is InChI=1S/C9H5Cl2FN2OS/c1-16-9-14-13-8(15-9)4-2-7(12)6(11)3-5(4)10/h2-3H,1H3. The Labute approximate surface area is 105 Å². The highest BCUT2D eigenvalue weighted by atomic mass is 35.5. The van der Waals surface area contributed by atoms with Gasteiger partial charge in [0.15, 0.2) is 0 Å². The zero-order valence-electron chi connectivity index (χ0n) is 8.00. The molecule has 1 aromatic carbocycles. The zero-order valence-corrected chi connectivity index (χ0v) is 10.3. The van der Waals surface area contributed by atoms with E-state index in [0.29, 0.717) is 10.8 Å². The van der Waals surface area contributed by atoms with Gasteiger partial charge in [0, 0.05) is 0 Å². The van der Waals surface area contributed by atoms with Gasteiger partial charge in [-0.05, 0) is 18.4 Å². The first kappa shape index (κ1) is 11.7. The van der Waals surface area contributed by atoms with E-state index in [1.807, 2.05) is 0 Å². The molecule has 84 valence electrons. The Morgan fingerprint density at radius 3 is 2.62 bits per heavy atom. The maximum absolute atomic E-state index is 13.2. The summed E-state index contributed by atoms with van der Waals surface area (Å²) in [6, 6.07) is 2.47. The van der Waals surface area contributed by atoms with Gasteiger partial charge in [0.05, 0.1) is 15.6 Å². The van der Waals surface area contributed by atoms with Crippen molar-refractivity contribution in [3.8, 4) is 11.5 Å². The van der Waals surface area contributed by atoms with Crippen LogP contribution in [-0.2, 0) is 0 Å². The Bertz CT molecular complexity index is 532. The van der Waals surface area contributed by atoms with E-state index in [0.717, 1.165) is 0 Å². The number of hydrogen-bond donors (Lipinski definition) is 0. The second-order valence-corrected chi connectivity index (χ2v) is 4.40. The number of halogens is 3. The van der Waals surface area contributed by atoms with Crippen LogP contribution in [0.2, 0.25) is 10.0 Å². The maximum atomic E-state index is 13.2. The summed E-state index contributed by atoms with van der Waals surface area (Å²) < 4.78 is 18.5. The van der Waals surface area contributed by atoms with Gasteiger partial charge in [0.1, 0.15) is 5.82 Å². The topological polar surface area (TPSA) is 38.9 Å². The van der Waals surface area contributed by atoms with Crippen LogP contribution in [0.3, 0.4) is 0 Å². The minimum Gasteiger partial charge on any atom is -0.411 e. The van der Waals surface area contributed by atoms with Crippen LogP contribution in [0.5, 0.6) is 0 Å². The predicted molar refractivity (Wildman–Crippen MR) is 61.5 cm³/mol. The Hall–Kier alpha value is -0.780. The molecule has 1 heterocycles. The summed E-state index contributed by atoms with van der Waals surface area (Å²) in [6.45, 7) is 0. The molecule has 16 heavy (non-hydrogen) atoms. The third-order valence-corrected chi connectivity index (χ3v) is 2.94. The van der Waals surface area contributed by atoms with E-state index in [-0.39, 0.29) is 15.9 Å². The van der Waals surface area contributed by atoms with Gasteiger partial charge in [0.25, 0.3) is 5.22 Å². The molecule has 7 heteroatoms. The monoisotopic (exact) mass is 278 g/mol. The summed E-state index contributed by atoms with van der Waals surface area (Å²) in [5, 5.41) is 8.11. The van der Waals surface area contributed by atoms with Crippen LogP contribution in [0.1, 0.15) is 0 Å². The molecule has 0 unspecified atom stereocenters. The number of aromatic nitrogens is 2. The van der Waals surface area contributed by atoms with E-state index in [1.165, 1.54) is 23.9 Å². The first-order chi connectivity index (χ1) is 7.61. The molecule has 0 aliphatic carbocycles. The summed E-state index contributed by atoms with van der Waals surface area (Å²) in [4.78, 5) is 0. The highest BCUT2D eigenvalue weighted by Gasteiger charge is 2.14. The molecule has 0 aliphatic heterocycles. The van der Waals surface area contributed by atoms with Gasteiger partial charge in [-0.25, -0.2) is 4.39 Å². The largest absolute Gasteiger partial charge is 0.411 e. The first-order valence-corrected chi connectivity index (χ1v) is 6.12. The first-order valence-electron chi connectivity index (χ1n) is 4.14. The van der Waals surface area contributed by atoms with Crippen molar-refractivity contribution in [1.82, 2.24) is 10.2 Å². The van der Waals surface area contributed by atoms with Crippen molar-refractivity contribution in [2.75, 3.05) is 6.26 Å². The van der Waals surface area contributed by atoms with Crippen LogP contribution in [0.4, 0.5) is 4.39 Å². The molecule has 0 aliphatic rings. The summed E-state index contributed by atoms with van der Waals surface area (Å²) in [5.41, 5.74) is 0.330. The van der Waals surface area contributed by atoms with Gasteiger partial charge in [0.2, 0.25) is 5.89 Å². The van der Waals surface area contributed by atoms with E-state index in [4.69, 9.17) is 27.6 Å². The number of hydrogen-bond acceptors (Lipinski definition) is 4. The van der Waals surface area contributed by atoms with Gasteiger partial charge in [-0.3, -0.25) is 0 Å². The van der Waals surface area contributed by atoms with Crippen molar-refractivity contribution in [3.63, 3.8) is 0 Å². The lowest BCUT2D eigenvalue weighted by Gasteiger charge is -2.00. The summed E-state index contributed by atoms with van der Waals surface area (Å²) >= 11 is 12.8. The van der Waals surface area contributed by atoms with E-state index >= 15 is 0 Å². The molecule has 0 radical (unpaired) electrons. The van der Waals surface area contributed by atoms with E-state index in [2.05, 4.69) is 10.2 Å². The maximum Gasteiger partial charge on any atom is 0.276 e. The van der Waals surface area contributed by atoms with E-state index in [9.17, 15) is 4.39 Å². The fourth-order valence-corrected chi connectivity index (χ4v) is 1.84. The fraction of sp³-hybridized carbons (Fsp3) is 0.111. The Morgan fingerprint density at radius 2 is 2.00 bits per heavy atom. The third-order valence-electron chi connectivity index (χ3n) is 1.82. The Balaban J connectivity index is 2.51. The molecular weight excluding hydrogens is 274 g/mol. The predicted octanol–water partition coefficient (Wildman–Crippen LogP) is 3.90. The van der Waals surface area contributed by atoms with Crippen molar-refractivity contribution in [2.45, 2.75) is 5.22 Å². The second-order valence-electron chi connectivity index (χ2n) is 2.82. The molecule has 0 spiro atoms. The van der Waals surface area contributed by atoms with Crippen LogP contribution in [-0.4, -0.2) is 16.5 Å². The molecule has 0 saturated carbocycles. The molecule has 3 nitrogen and oxygen atoms in total. The lowest BCUT2D eigenvalue weighted by Crippen LogP contribution is -1.84. The normalized spacial score (nSPS) is 10.8. The number of rotatable bonds is 2. The van der Waals surface area contributed by atoms with Crippen molar-refractivity contribution < 1.29 is 8.81 Å². The number of benzene rings is 1. The molecule has 0 fully saturated rings. The van der Waals surface area contributed by atoms with Crippen LogP contribution in [0.25, 0.3) is 11.5 Å². The van der Waals surface area contributed by atoms with Gasteiger partial charge in [-0.1, -0.05) is 35.0 Å². The smallest absolute Gasteiger partial charge is 0.276 e. The summed E-state index contributed by atoms with van der Waals surface area (Å²) in [5.74, 6) is -0.408. The van der Waals surface area contributed by atoms with Crippen LogP contribution >= 0.6 is 35.0 Å².